The van der Waals surface area contributed by atoms with Crippen LogP contribution in [0.4, 0.5) is 26.3 Å². The highest BCUT2D eigenvalue weighted by Crippen LogP contribution is 2.32. The first-order valence-corrected chi connectivity index (χ1v) is 5.68. The van der Waals surface area contributed by atoms with E-state index in [4.69, 9.17) is 0 Å². The van der Waals surface area contributed by atoms with Crippen molar-refractivity contribution in [3.8, 4) is 5.82 Å². The maximum absolute atomic E-state index is 12.7. The van der Waals surface area contributed by atoms with E-state index in [1.54, 1.807) is 0 Å². The van der Waals surface area contributed by atoms with Crippen molar-refractivity contribution < 1.29 is 26.3 Å². The molecule has 0 aliphatic rings. The Balaban J connectivity index is 2.57. The van der Waals surface area contributed by atoms with E-state index in [1.807, 2.05) is 0 Å². The third kappa shape index (κ3) is 3.17. The molecule has 0 aromatic carbocycles. The molecule has 2 rings (SSSR count). The average Bonchev–Trinajstić information content (AvgIpc) is 2.69. The number of rotatable bonds is 1. The fourth-order valence-corrected chi connectivity index (χ4v) is 1.77. The van der Waals surface area contributed by atoms with Crippen LogP contribution in [0.15, 0.2) is 18.2 Å². The van der Waals surface area contributed by atoms with Crippen LogP contribution < -0.4 is 0 Å². The van der Waals surface area contributed by atoms with Crippen LogP contribution in [0.5, 0.6) is 0 Å². The minimum atomic E-state index is -4.67. The number of nitrogens with zero attached hydrogens (tertiary/aromatic N) is 3. The molecule has 3 nitrogen and oxygen atoms in total. The van der Waals surface area contributed by atoms with Gasteiger partial charge in [-0.05, 0) is 32.0 Å². The molecule has 114 valence electrons. The molecule has 0 fully saturated rings. The van der Waals surface area contributed by atoms with E-state index in [0.717, 1.165) is 16.8 Å². The molecular formula is C12H9F6N3. The molecule has 21 heavy (non-hydrogen) atoms. The zero-order valence-electron chi connectivity index (χ0n) is 10.8. The van der Waals surface area contributed by atoms with Gasteiger partial charge in [0, 0.05) is 11.4 Å². The number of pyridine rings is 1. The lowest BCUT2D eigenvalue weighted by molar-refractivity contribution is -0.141. The lowest BCUT2D eigenvalue weighted by atomic mass is 10.2. The van der Waals surface area contributed by atoms with Gasteiger partial charge in [0.05, 0.1) is 5.56 Å². The van der Waals surface area contributed by atoms with Crippen molar-refractivity contribution >= 4 is 0 Å². The van der Waals surface area contributed by atoms with Crippen LogP contribution >= 0.6 is 0 Å². The number of alkyl halides is 6. The fraction of sp³-hybridized carbons (Fsp3) is 0.333. The topological polar surface area (TPSA) is 30.7 Å². The highest BCUT2D eigenvalue weighted by molar-refractivity contribution is 5.34. The van der Waals surface area contributed by atoms with Gasteiger partial charge in [-0.25, -0.2) is 9.67 Å². The standard InChI is InChI=1S/C12H9F6N3/c1-6-3-8(11(13,14)15)5-10(19-6)21-7(2)4-9(20-21)12(16,17)18/h3-5H,1-2H3. The molecule has 0 atom stereocenters. The van der Waals surface area contributed by atoms with Crippen LogP contribution in [0, 0.1) is 13.8 Å². The number of aryl methyl sites for hydroxylation is 2. The monoisotopic (exact) mass is 309 g/mol. The summed E-state index contributed by atoms with van der Waals surface area (Å²) in [4.78, 5) is 3.81. The van der Waals surface area contributed by atoms with Gasteiger partial charge in [0.15, 0.2) is 11.5 Å². The van der Waals surface area contributed by atoms with E-state index >= 15 is 0 Å². The summed E-state index contributed by atoms with van der Waals surface area (Å²) in [7, 11) is 0. The van der Waals surface area contributed by atoms with Gasteiger partial charge in [-0.1, -0.05) is 0 Å². The number of halogens is 6. The Labute approximate surface area is 115 Å². The van der Waals surface area contributed by atoms with Crippen LogP contribution in [-0.2, 0) is 12.4 Å². The lowest BCUT2D eigenvalue weighted by Gasteiger charge is -2.10. The maximum Gasteiger partial charge on any atom is 0.435 e. The van der Waals surface area contributed by atoms with Crippen molar-refractivity contribution in [1.82, 2.24) is 14.8 Å². The van der Waals surface area contributed by atoms with E-state index in [0.29, 0.717) is 6.07 Å². The Morgan fingerprint density at radius 3 is 2.00 bits per heavy atom. The van der Waals surface area contributed by atoms with Crippen LogP contribution in [0.3, 0.4) is 0 Å². The van der Waals surface area contributed by atoms with Gasteiger partial charge >= 0.3 is 12.4 Å². The van der Waals surface area contributed by atoms with E-state index in [2.05, 4.69) is 10.1 Å². The van der Waals surface area contributed by atoms with Crippen molar-refractivity contribution in [3.05, 3.63) is 40.8 Å². The second kappa shape index (κ2) is 4.74. The SMILES string of the molecule is Cc1cc(C(F)(F)F)cc(-n2nc(C(F)(F)F)cc2C)n1. The summed E-state index contributed by atoms with van der Waals surface area (Å²) in [6.07, 6.45) is -9.29. The summed E-state index contributed by atoms with van der Waals surface area (Å²) in [6.45, 7) is 2.63. The van der Waals surface area contributed by atoms with Crippen molar-refractivity contribution in [2.24, 2.45) is 0 Å². The molecule has 0 spiro atoms. The summed E-state index contributed by atoms with van der Waals surface area (Å²) in [5.74, 6) is -0.310. The molecular weight excluding hydrogens is 300 g/mol. The normalized spacial score (nSPS) is 12.8. The summed E-state index contributed by atoms with van der Waals surface area (Å²) in [5, 5.41) is 3.28. The largest absolute Gasteiger partial charge is 0.435 e. The zero-order chi connectivity index (χ0) is 16.0. The van der Waals surface area contributed by atoms with Gasteiger partial charge in [0.1, 0.15) is 0 Å². The Bertz CT molecular complexity index is 669. The van der Waals surface area contributed by atoms with E-state index in [-0.39, 0.29) is 17.2 Å². The van der Waals surface area contributed by atoms with E-state index in [9.17, 15) is 26.3 Å². The third-order valence-electron chi connectivity index (χ3n) is 2.66. The molecule has 2 aromatic rings. The minimum absolute atomic E-state index is 0.0308. The molecule has 2 aromatic heterocycles. The maximum atomic E-state index is 12.7. The zero-order valence-corrected chi connectivity index (χ0v) is 10.8. The molecule has 0 N–H and O–H groups in total. The Morgan fingerprint density at radius 2 is 1.52 bits per heavy atom. The molecule has 0 saturated heterocycles. The predicted octanol–water partition coefficient (Wildman–Crippen LogP) is 3.92. The van der Waals surface area contributed by atoms with Gasteiger partial charge in [-0.2, -0.15) is 31.4 Å². The molecule has 2 heterocycles. The van der Waals surface area contributed by atoms with Crippen molar-refractivity contribution in [3.63, 3.8) is 0 Å². The van der Waals surface area contributed by atoms with E-state index < -0.39 is 23.6 Å². The summed E-state index contributed by atoms with van der Waals surface area (Å²) in [6, 6.07) is 2.22. The lowest BCUT2D eigenvalue weighted by Crippen LogP contribution is -2.11. The van der Waals surface area contributed by atoms with Gasteiger partial charge in [0.2, 0.25) is 0 Å². The quantitative estimate of drug-likeness (QED) is 0.748. The molecule has 0 aliphatic heterocycles. The number of hydrogen-bond donors (Lipinski definition) is 0. The first-order valence-electron chi connectivity index (χ1n) is 5.68. The minimum Gasteiger partial charge on any atom is -0.234 e. The van der Waals surface area contributed by atoms with Crippen molar-refractivity contribution in [2.75, 3.05) is 0 Å². The highest BCUT2D eigenvalue weighted by Gasteiger charge is 2.35. The number of aromatic nitrogens is 3. The predicted molar refractivity (Wildman–Crippen MR) is 60.8 cm³/mol. The summed E-state index contributed by atoms with van der Waals surface area (Å²) in [5.41, 5.74) is -2.11. The van der Waals surface area contributed by atoms with Gasteiger partial charge in [-0.3, -0.25) is 0 Å². The van der Waals surface area contributed by atoms with Crippen LogP contribution in [0.25, 0.3) is 5.82 Å². The fourth-order valence-electron chi connectivity index (χ4n) is 1.77. The van der Waals surface area contributed by atoms with Crippen molar-refractivity contribution in [1.29, 1.82) is 0 Å². The van der Waals surface area contributed by atoms with Crippen LogP contribution in [-0.4, -0.2) is 14.8 Å². The molecule has 0 unspecified atom stereocenters. The molecule has 0 saturated carbocycles. The molecule has 9 heteroatoms. The second-order valence-corrected chi connectivity index (χ2v) is 4.43. The van der Waals surface area contributed by atoms with Crippen molar-refractivity contribution in [2.45, 2.75) is 26.2 Å². The summed E-state index contributed by atoms with van der Waals surface area (Å²) < 4.78 is 76.6. The smallest absolute Gasteiger partial charge is 0.234 e. The number of hydrogen-bond acceptors (Lipinski definition) is 2. The van der Waals surface area contributed by atoms with Gasteiger partial charge < -0.3 is 0 Å². The molecule has 0 radical (unpaired) electrons. The Kier molecular flexibility index (Phi) is 3.46. The van der Waals surface area contributed by atoms with E-state index in [1.165, 1.54) is 13.8 Å². The Hall–Kier alpha value is -2.06. The average molecular weight is 309 g/mol. The van der Waals surface area contributed by atoms with Crippen LogP contribution in [0.2, 0.25) is 0 Å². The highest BCUT2D eigenvalue weighted by atomic mass is 19.4. The third-order valence-corrected chi connectivity index (χ3v) is 2.66. The second-order valence-electron chi connectivity index (χ2n) is 4.43. The molecule has 0 amide bonds. The van der Waals surface area contributed by atoms with Gasteiger partial charge in [0.25, 0.3) is 0 Å². The Morgan fingerprint density at radius 1 is 0.905 bits per heavy atom. The molecule has 0 aliphatic carbocycles. The first kappa shape index (κ1) is 15.3. The first-order chi connectivity index (χ1) is 9.48. The summed E-state index contributed by atoms with van der Waals surface area (Å²) >= 11 is 0. The van der Waals surface area contributed by atoms with Gasteiger partial charge in [-0.15, -0.1) is 0 Å². The molecule has 0 bridgehead atoms. The van der Waals surface area contributed by atoms with Crippen LogP contribution in [0.1, 0.15) is 22.6 Å².